The summed E-state index contributed by atoms with van der Waals surface area (Å²) in [6.45, 7) is 8.74. The molecule has 2 aliphatic heterocycles. The van der Waals surface area contributed by atoms with Crippen molar-refractivity contribution in [3.8, 4) is 0 Å². The van der Waals surface area contributed by atoms with Gasteiger partial charge in [-0.25, -0.2) is 0 Å². The second-order valence-electron chi connectivity index (χ2n) is 6.38. The van der Waals surface area contributed by atoms with Crippen LogP contribution in [0.4, 0.5) is 0 Å². The van der Waals surface area contributed by atoms with Crippen LogP contribution >= 0.6 is 0 Å². The first-order valence-electron chi connectivity index (χ1n) is 9.08. The number of aldehydes is 1. The number of unbranched alkanes of at least 4 members (excludes halogenated alkanes) is 1. The average Bonchev–Trinajstić information content (AvgIpc) is 3.18. The van der Waals surface area contributed by atoms with E-state index in [9.17, 15) is 9.59 Å². The molecule has 7 nitrogen and oxygen atoms in total. The van der Waals surface area contributed by atoms with Crippen LogP contribution in [0.15, 0.2) is 0 Å². The summed E-state index contributed by atoms with van der Waals surface area (Å²) >= 11 is 0. The third kappa shape index (κ3) is 9.30. The van der Waals surface area contributed by atoms with Gasteiger partial charge in [0.2, 0.25) is 0 Å². The molecule has 0 unspecified atom stereocenters. The Labute approximate surface area is 150 Å². The third-order valence-electron chi connectivity index (χ3n) is 4.07. The van der Waals surface area contributed by atoms with Crippen LogP contribution in [-0.2, 0) is 33.3 Å². The lowest BCUT2D eigenvalue weighted by Crippen LogP contribution is -2.25. The van der Waals surface area contributed by atoms with Crippen molar-refractivity contribution in [1.82, 2.24) is 0 Å². The first-order valence-corrected chi connectivity index (χ1v) is 9.08. The number of ether oxygens (including phenoxy) is 5. The van der Waals surface area contributed by atoms with Gasteiger partial charge in [-0.05, 0) is 33.6 Å². The molecule has 0 amide bonds. The lowest BCUT2D eigenvalue weighted by molar-refractivity contribution is -0.152. The first-order chi connectivity index (χ1) is 11.9. The maximum Gasteiger partial charge on any atom is 0.305 e. The molecule has 2 saturated heterocycles. The van der Waals surface area contributed by atoms with Crippen LogP contribution in [0.5, 0.6) is 0 Å². The van der Waals surface area contributed by atoms with E-state index >= 15 is 0 Å². The highest BCUT2D eigenvalue weighted by molar-refractivity contribution is 5.69. The van der Waals surface area contributed by atoms with Gasteiger partial charge in [0.05, 0.1) is 33.0 Å². The van der Waals surface area contributed by atoms with E-state index in [2.05, 4.69) is 0 Å². The summed E-state index contributed by atoms with van der Waals surface area (Å²) in [7, 11) is 0. The minimum atomic E-state index is -0.480. The van der Waals surface area contributed by atoms with E-state index in [1.165, 1.54) is 0 Å². The standard InChI is InChI=1S/C10H18O4.C8H14O3/c1-3-12-9(11)5-4-6-10(2)13-7-8-14-10;1-8(4-2-3-5-9)10-6-7-11-8/h3-8H2,1-2H3;5H,2-4,6-7H2,1H3. The molecule has 25 heavy (non-hydrogen) atoms. The fraction of sp³-hybridized carbons (Fsp3) is 0.889. The van der Waals surface area contributed by atoms with E-state index in [4.69, 9.17) is 23.7 Å². The van der Waals surface area contributed by atoms with Crippen LogP contribution in [-0.4, -0.2) is 56.9 Å². The summed E-state index contributed by atoms with van der Waals surface area (Å²) in [6, 6.07) is 0. The van der Waals surface area contributed by atoms with Gasteiger partial charge in [-0.1, -0.05) is 0 Å². The van der Waals surface area contributed by atoms with Crippen LogP contribution in [0.1, 0.15) is 59.3 Å². The lowest BCUT2D eigenvalue weighted by atomic mass is 10.1. The molecule has 2 fully saturated rings. The van der Waals surface area contributed by atoms with Crippen molar-refractivity contribution in [2.24, 2.45) is 0 Å². The Balaban J connectivity index is 0.000000257. The van der Waals surface area contributed by atoms with Crippen LogP contribution in [0.3, 0.4) is 0 Å². The molecule has 146 valence electrons. The minimum Gasteiger partial charge on any atom is -0.466 e. The van der Waals surface area contributed by atoms with Crippen molar-refractivity contribution < 1.29 is 33.3 Å². The summed E-state index contributed by atoms with van der Waals surface area (Å²) in [6.07, 6.45) is 5.11. The molecule has 0 saturated carbocycles. The number of carbonyl (C=O) groups is 2. The maximum atomic E-state index is 11.0. The molecule has 0 aliphatic carbocycles. The molecule has 0 bridgehead atoms. The van der Waals surface area contributed by atoms with Crippen LogP contribution in [0.2, 0.25) is 0 Å². The van der Waals surface area contributed by atoms with Crippen LogP contribution < -0.4 is 0 Å². The van der Waals surface area contributed by atoms with Crippen molar-refractivity contribution in [2.75, 3.05) is 33.0 Å². The number of esters is 1. The maximum absolute atomic E-state index is 11.0. The smallest absolute Gasteiger partial charge is 0.305 e. The second-order valence-corrected chi connectivity index (χ2v) is 6.38. The average molecular weight is 360 g/mol. The Bertz CT molecular complexity index is 385. The summed E-state index contributed by atoms with van der Waals surface area (Å²) < 4.78 is 26.3. The second kappa shape index (κ2) is 11.6. The SMILES string of the molecule is CC1(CCCC=O)OCCO1.CCOC(=O)CCCC1(C)OCCO1. The lowest BCUT2D eigenvalue weighted by Gasteiger charge is -2.21. The molecule has 0 spiro atoms. The largest absolute Gasteiger partial charge is 0.466 e. The summed E-state index contributed by atoms with van der Waals surface area (Å²) in [5.41, 5.74) is 0. The number of rotatable bonds is 9. The Morgan fingerprint density at radius 1 is 0.960 bits per heavy atom. The highest BCUT2D eigenvalue weighted by Gasteiger charge is 2.30. The van der Waals surface area contributed by atoms with Gasteiger partial charge in [-0.15, -0.1) is 0 Å². The molecule has 0 aromatic heterocycles. The van der Waals surface area contributed by atoms with Crippen molar-refractivity contribution in [2.45, 2.75) is 70.9 Å². The number of hydrogen-bond acceptors (Lipinski definition) is 7. The molecule has 0 aromatic carbocycles. The highest BCUT2D eigenvalue weighted by atomic mass is 16.7. The molecule has 0 N–H and O–H groups in total. The fourth-order valence-electron chi connectivity index (χ4n) is 2.70. The van der Waals surface area contributed by atoms with Gasteiger partial charge < -0.3 is 28.5 Å². The molecule has 2 aliphatic rings. The molecule has 7 heteroatoms. The van der Waals surface area contributed by atoms with Gasteiger partial charge in [0.1, 0.15) is 6.29 Å². The zero-order chi connectivity index (χ0) is 18.6. The van der Waals surface area contributed by atoms with E-state index in [0.717, 1.165) is 32.0 Å². The quantitative estimate of drug-likeness (QED) is 0.355. The Hall–Kier alpha value is -1.02. The molecule has 0 atom stereocenters. The topological polar surface area (TPSA) is 80.3 Å². The minimum absolute atomic E-state index is 0.144. The number of carbonyl (C=O) groups excluding carboxylic acids is 2. The van der Waals surface area contributed by atoms with Gasteiger partial charge in [0.15, 0.2) is 11.6 Å². The third-order valence-corrected chi connectivity index (χ3v) is 4.07. The van der Waals surface area contributed by atoms with Gasteiger partial charge in [-0.2, -0.15) is 0 Å². The molecular weight excluding hydrogens is 328 g/mol. The Morgan fingerprint density at radius 3 is 1.88 bits per heavy atom. The fourth-order valence-corrected chi connectivity index (χ4v) is 2.70. The Kier molecular flexibility index (Phi) is 10.2. The molecular formula is C18H32O7. The van der Waals surface area contributed by atoms with Gasteiger partial charge >= 0.3 is 5.97 Å². The summed E-state index contributed by atoms with van der Waals surface area (Å²) in [5.74, 6) is -1.04. The van der Waals surface area contributed by atoms with E-state index in [1.807, 2.05) is 20.8 Å². The van der Waals surface area contributed by atoms with Crippen molar-refractivity contribution in [1.29, 1.82) is 0 Å². The molecule has 0 aromatic rings. The molecule has 0 radical (unpaired) electrons. The van der Waals surface area contributed by atoms with Crippen molar-refractivity contribution >= 4 is 12.3 Å². The zero-order valence-electron chi connectivity index (χ0n) is 15.7. The van der Waals surface area contributed by atoms with E-state index in [0.29, 0.717) is 45.9 Å². The molecule has 2 rings (SSSR count). The number of hydrogen-bond donors (Lipinski definition) is 0. The van der Waals surface area contributed by atoms with Gasteiger partial charge in [-0.3, -0.25) is 4.79 Å². The summed E-state index contributed by atoms with van der Waals surface area (Å²) in [5, 5.41) is 0. The van der Waals surface area contributed by atoms with Crippen molar-refractivity contribution in [3.05, 3.63) is 0 Å². The zero-order valence-corrected chi connectivity index (χ0v) is 15.7. The predicted octanol–water partition coefficient (Wildman–Crippen LogP) is 2.60. The van der Waals surface area contributed by atoms with Gasteiger partial charge in [0.25, 0.3) is 0 Å². The van der Waals surface area contributed by atoms with E-state index in [1.54, 1.807) is 0 Å². The molecule has 2 heterocycles. The van der Waals surface area contributed by atoms with Gasteiger partial charge in [0, 0.05) is 25.7 Å². The Morgan fingerprint density at radius 2 is 1.44 bits per heavy atom. The summed E-state index contributed by atoms with van der Waals surface area (Å²) in [4.78, 5) is 21.0. The van der Waals surface area contributed by atoms with Crippen LogP contribution in [0, 0.1) is 0 Å². The monoisotopic (exact) mass is 360 g/mol. The van der Waals surface area contributed by atoms with E-state index in [-0.39, 0.29) is 5.97 Å². The van der Waals surface area contributed by atoms with E-state index < -0.39 is 11.6 Å². The van der Waals surface area contributed by atoms with Crippen molar-refractivity contribution in [3.63, 3.8) is 0 Å². The predicted molar refractivity (Wildman–Crippen MR) is 91.0 cm³/mol. The highest BCUT2D eigenvalue weighted by Crippen LogP contribution is 2.25. The first kappa shape index (κ1) is 22.0. The normalized spacial score (nSPS) is 20.6. The van der Waals surface area contributed by atoms with Crippen LogP contribution in [0.25, 0.3) is 0 Å².